The number of hydrogen-bond donors (Lipinski definition) is 0. The molecule has 1 fully saturated rings. The van der Waals surface area contributed by atoms with Gasteiger partial charge in [0.05, 0.1) is 6.04 Å². The van der Waals surface area contributed by atoms with Crippen molar-refractivity contribution in [2.45, 2.75) is 25.3 Å². The minimum Gasteiger partial charge on any atom is -0.266 e. The van der Waals surface area contributed by atoms with Gasteiger partial charge in [-0.25, -0.2) is 0 Å². The van der Waals surface area contributed by atoms with Crippen molar-refractivity contribution in [3.05, 3.63) is 48.3 Å². The molecular formula is C14H17BN2. The van der Waals surface area contributed by atoms with Gasteiger partial charge in [0.25, 0.3) is 0 Å². The molecule has 1 aromatic heterocycles. The molecule has 86 valence electrons. The molecule has 2 nitrogen and oxygen atoms in total. The van der Waals surface area contributed by atoms with Crippen molar-refractivity contribution >= 4 is 13.3 Å². The molecule has 3 heteroatoms. The van der Waals surface area contributed by atoms with Crippen LogP contribution in [0.4, 0.5) is 0 Å². The van der Waals surface area contributed by atoms with Crippen LogP contribution in [-0.2, 0) is 0 Å². The first-order valence-corrected chi connectivity index (χ1v) is 6.40. The Balaban J connectivity index is 1.97. The predicted octanol–water partition coefficient (Wildman–Crippen LogP) is 1.53. The quantitative estimate of drug-likeness (QED) is 0.723. The topological polar surface area (TPSA) is 17.8 Å². The smallest absolute Gasteiger partial charge is 0.143 e. The van der Waals surface area contributed by atoms with Gasteiger partial charge in [-0.15, -0.1) is 0 Å². The molecule has 0 N–H and O–H groups in total. The van der Waals surface area contributed by atoms with Crippen molar-refractivity contribution in [2.75, 3.05) is 0 Å². The van der Waals surface area contributed by atoms with E-state index < -0.39 is 0 Å². The van der Waals surface area contributed by atoms with Gasteiger partial charge in [-0.2, -0.15) is 5.10 Å². The highest BCUT2D eigenvalue weighted by atomic mass is 15.3. The third-order valence-corrected chi connectivity index (χ3v) is 3.75. The van der Waals surface area contributed by atoms with E-state index >= 15 is 0 Å². The Hall–Kier alpha value is -1.51. The van der Waals surface area contributed by atoms with E-state index in [2.05, 4.69) is 54.2 Å². The SMILES string of the molecule is Bc1cnn(C(c2ccccc2)C2CCC2)c1. The van der Waals surface area contributed by atoms with E-state index in [-0.39, 0.29) is 0 Å². The Labute approximate surface area is 103 Å². The summed E-state index contributed by atoms with van der Waals surface area (Å²) in [5.41, 5.74) is 2.63. The second-order valence-corrected chi connectivity index (χ2v) is 5.04. The average molecular weight is 224 g/mol. The zero-order valence-corrected chi connectivity index (χ0v) is 10.2. The lowest BCUT2D eigenvalue weighted by atomic mass is 9.77. The van der Waals surface area contributed by atoms with E-state index in [1.165, 1.54) is 30.3 Å². The first-order valence-electron chi connectivity index (χ1n) is 6.40. The predicted molar refractivity (Wildman–Crippen MR) is 72.3 cm³/mol. The lowest BCUT2D eigenvalue weighted by Crippen LogP contribution is -2.26. The summed E-state index contributed by atoms with van der Waals surface area (Å²) in [7, 11) is 2.10. The molecule has 1 atom stereocenters. The fourth-order valence-corrected chi connectivity index (χ4v) is 2.63. The van der Waals surface area contributed by atoms with Crippen LogP contribution in [0.1, 0.15) is 30.9 Å². The molecule has 1 saturated carbocycles. The second kappa shape index (κ2) is 4.40. The molecule has 1 heterocycles. The Kier molecular flexibility index (Phi) is 2.75. The molecule has 0 saturated heterocycles. The average Bonchev–Trinajstić information content (AvgIpc) is 2.71. The van der Waals surface area contributed by atoms with E-state index in [0.717, 1.165) is 5.92 Å². The van der Waals surface area contributed by atoms with Crippen molar-refractivity contribution in [3.8, 4) is 0 Å². The van der Waals surface area contributed by atoms with Crippen molar-refractivity contribution in [2.24, 2.45) is 5.92 Å². The number of aromatic nitrogens is 2. The van der Waals surface area contributed by atoms with Crippen LogP contribution in [0.15, 0.2) is 42.7 Å². The van der Waals surface area contributed by atoms with Crippen LogP contribution < -0.4 is 5.46 Å². The van der Waals surface area contributed by atoms with Crippen molar-refractivity contribution < 1.29 is 0 Å². The van der Waals surface area contributed by atoms with Gasteiger partial charge in [0, 0.05) is 12.4 Å². The summed E-state index contributed by atoms with van der Waals surface area (Å²) in [4.78, 5) is 0. The normalized spacial score (nSPS) is 17.6. The lowest BCUT2D eigenvalue weighted by Gasteiger charge is -2.34. The van der Waals surface area contributed by atoms with E-state index in [4.69, 9.17) is 0 Å². The minimum absolute atomic E-state index is 0.429. The van der Waals surface area contributed by atoms with Gasteiger partial charge in [0.15, 0.2) is 0 Å². The Morgan fingerprint density at radius 1 is 1.24 bits per heavy atom. The molecule has 1 aliphatic rings. The maximum absolute atomic E-state index is 4.51. The van der Waals surface area contributed by atoms with Gasteiger partial charge < -0.3 is 0 Å². The summed E-state index contributed by atoms with van der Waals surface area (Å²) >= 11 is 0. The third-order valence-electron chi connectivity index (χ3n) is 3.75. The molecule has 3 rings (SSSR count). The van der Waals surface area contributed by atoms with Crippen LogP contribution in [0.25, 0.3) is 0 Å². The number of hydrogen-bond acceptors (Lipinski definition) is 1. The van der Waals surface area contributed by atoms with Crippen LogP contribution in [0.3, 0.4) is 0 Å². The molecule has 2 aromatic rings. The number of benzene rings is 1. The number of rotatable bonds is 3. The molecule has 0 bridgehead atoms. The van der Waals surface area contributed by atoms with Crippen molar-refractivity contribution in [1.29, 1.82) is 0 Å². The third kappa shape index (κ3) is 2.02. The summed E-state index contributed by atoms with van der Waals surface area (Å²) < 4.78 is 2.15. The molecule has 17 heavy (non-hydrogen) atoms. The highest BCUT2D eigenvalue weighted by molar-refractivity contribution is 6.31. The van der Waals surface area contributed by atoms with Gasteiger partial charge in [-0.05, 0) is 24.3 Å². The molecule has 1 unspecified atom stereocenters. The van der Waals surface area contributed by atoms with Gasteiger partial charge >= 0.3 is 0 Å². The van der Waals surface area contributed by atoms with Crippen LogP contribution in [-0.4, -0.2) is 17.6 Å². The maximum Gasteiger partial charge on any atom is 0.143 e. The molecule has 0 amide bonds. The van der Waals surface area contributed by atoms with E-state index in [1.54, 1.807) is 0 Å². The maximum atomic E-state index is 4.51. The first kappa shape index (κ1) is 10.6. The van der Waals surface area contributed by atoms with Crippen LogP contribution in [0.5, 0.6) is 0 Å². The summed E-state index contributed by atoms with van der Waals surface area (Å²) in [5.74, 6) is 0.761. The second-order valence-electron chi connectivity index (χ2n) is 5.04. The lowest BCUT2D eigenvalue weighted by molar-refractivity contribution is 0.226. The Bertz CT molecular complexity index is 488. The van der Waals surface area contributed by atoms with E-state index in [9.17, 15) is 0 Å². The highest BCUT2D eigenvalue weighted by Gasteiger charge is 2.30. The molecule has 0 spiro atoms. The Morgan fingerprint density at radius 2 is 2.00 bits per heavy atom. The van der Waals surface area contributed by atoms with Gasteiger partial charge in [-0.1, -0.05) is 42.2 Å². The Morgan fingerprint density at radius 3 is 2.53 bits per heavy atom. The van der Waals surface area contributed by atoms with Gasteiger partial charge in [0.1, 0.15) is 7.85 Å². The first-order chi connectivity index (χ1) is 8.34. The summed E-state index contributed by atoms with van der Waals surface area (Å²) in [5, 5.41) is 4.51. The van der Waals surface area contributed by atoms with Crippen LogP contribution in [0.2, 0.25) is 0 Å². The van der Waals surface area contributed by atoms with Crippen molar-refractivity contribution in [1.82, 2.24) is 9.78 Å². The monoisotopic (exact) mass is 224 g/mol. The summed E-state index contributed by atoms with van der Waals surface area (Å²) in [6.07, 6.45) is 8.15. The van der Waals surface area contributed by atoms with Crippen molar-refractivity contribution in [3.63, 3.8) is 0 Å². The fraction of sp³-hybridized carbons (Fsp3) is 0.357. The highest BCUT2D eigenvalue weighted by Crippen LogP contribution is 2.39. The largest absolute Gasteiger partial charge is 0.266 e. The molecule has 1 aliphatic carbocycles. The standard InChI is InChI=1S/C14H17BN2/c15-13-9-16-17(10-13)14(12-7-4-8-12)11-5-2-1-3-6-11/h1-3,5-6,9-10,12,14H,4,7-8,15H2. The molecule has 0 radical (unpaired) electrons. The zero-order chi connectivity index (χ0) is 11.7. The summed E-state index contributed by atoms with van der Waals surface area (Å²) in [6.45, 7) is 0. The van der Waals surface area contributed by atoms with Crippen LogP contribution >= 0.6 is 0 Å². The minimum atomic E-state index is 0.429. The fourth-order valence-electron chi connectivity index (χ4n) is 2.63. The van der Waals surface area contributed by atoms with E-state index in [1.807, 2.05) is 6.20 Å². The molecular weight excluding hydrogens is 207 g/mol. The number of nitrogens with zero attached hydrogens (tertiary/aromatic N) is 2. The molecule has 1 aromatic carbocycles. The van der Waals surface area contributed by atoms with Gasteiger partial charge in [-0.3, -0.25) is 4.68 Å². The van der Waals surface area contributed by atoms with Gasteiger partial charge in [0.2, 0.25) is 0 Å². The van der Waals surface area contributed by atoms with E-state index in [0.29, 0.717) is 6.04 Å². The molecule has 0 aliphatic heterocycles. The zero-order valence-electron chi connectivity index (χ0n) is 10.2. The summed E-state index contributed by atoms with van der Waals surface area (Å²) in [6, 6.07) is 11.2. The van der Waals surface area contributed by atoms with Crippen LogP contribution in [0, 0.1) is 5.92 Å².